The standard InChI is InChI=1S/C9H14F2O2/c1-2-8(7(12)13)4-3-5-9(10,11)6-8/h2-6H2,1H3,(H,12,13). The normalized spacial score (nSPS) is 32.8. The van der Waals surface area contributed by atoms with E-state index in [1.165, 1.54) is 0 Å². The van der Waals surface area contributed by atoms with Crippen molar-refractivity contribution in [1.29, 1.82) is 0 Å². The lowest BCUT2D eigenvalue weighted by Gasteiger charge is -2.36. The Morgan fingerprint density at radius 3 is 2.38 bits per heavy atom. The van der Waals surface area contributed by atoms with E-state index in [4.69, 9.17) is 5.11 Å². The molecule has 0 aromatic heterocycles. The van der Waals surface area contributed by atoms with Crippen molar-refractivity contribution < 1.29 is 18.7 Å². The smallest absolute Gasteiger partial charge is 0.309 e. The Bertz CT molecular complexity index is 216. The van der Waals surface area contributed by atoms with Gasteiger partial charge in [0, 0.05) is 12.8 Å². The van der Waals surface area contributed by atoms with E-state index in [2.05, 4.69) is 0 Å². The van der Waals surface area contributed by atoms with Crippen molar-refractivity contribution in [2.24, 2.45) is 5.41 Å². The molecule has 1 unspecified atom stereocenters. The largest absolute Gasteiger partial charge is 0.481 e. The molecule has 0 aliphatic heterocycles. The van der Waals surface area contributed by atoms with Gasteiger partial charge in [0.15, 0.2) is 0 Å². The summed E-state index contributed by atoms with van der Waals surface area (Å²) < 4.78 is 26.0. The summed E-state index contributed by atoms with van der Waals surface area (Å²) in [6.45, 7) is 1.66. The van der Waals surface area contributed by atoms with E-state index in [0.717, 1.165) is 0 Å². The minimum atomic E-state index is -2.79. The third kappa shape index (κ3) is 1.98. The molecule has 0 aromatic rings. The first-order chi connectivity index (χ1) is 5.92. The Morgan fingerprint density at radius 2 is 2.08 bits per heavy atom. The molecule has 76 valence electrons. The van der Waals surface area contributed by atoms with E-state index in [-0.39, 0.29) is 12.8 Å². The third-order valence-electron chi connectivity index (χ3n) is 2.93. The topological polar surface area (TPSA) is 37.3 Å². The van der Waals surface area contributed by atoms with Crippen LogP contribution in [0.2, 0.25) is 0 Å². The second-order valence-corrected chi connectivity index (χ2v) is 3.83. The van der Waals surface area contributed by atoms with Crippen LogP contribution in [-0.2, 0) is 4.79 Å². The van der Waals surface area contributed by atoms with Crippen LogP contribution in [0.15, 0.2) is 0 Å². The van der Waals surface area contributed by atoms with Crippen LogP contribution >= 0.6 is 0 Å². The highest BCUT2D eigenvalue weighted by molar-refractivity contribution is 5.74. The SMILES string of the molecule is CCC1(C(=O)O)CCCC(F)(F)C1. The lowest BCUT2D eigenvalue weighted by Crippen LogP contribution is -2.40. The predicted octanol–water partition coefficient (Wildman–Crippen LogP) is 2.68. The Labute approximate surface area is 75.9 Å². The summed E-state index contributed by atoms with van der Waals surface area (Å²) in [6.07, 6.45) is 0.327. The molecule has 1 rings (SSSR count). The summed E-state index contributed by atoms with van der Waals surface area (Å²) in [4.78, 5) is 10.9. The molecule has 0 aromatic carbocycles. The number of carbonyl (C=O) groups is 1. The van der Waals surface area contributed by atoms with E-state index in [9.17, 15) is 13.6 Å². The second kappa shape index (κ2) is 3.24. The fourth-order valence-corrected chi connectivity index (χ4v) is 1.99. The number of hydrogen-bond acceptors (Lipinski definition) is 1. The Hall–Kier alpha value is -0.670. The Morgan fingerprint density at radius 1 is 1.46 bits per heavy atom. The van der Waals surface area contributed by atoms with E-state index in [1.54, 1.807) is 6.92 Å². The molecule has 0 heterocycles. The number of halogens is 2. The van der Waals surface area contributed by atoms with Crippen LogP contribution in [0, 0.1) is 5.41 Å². The van der Waals surface area contributed by atoms with Crippen LogP contribution in [0.4, 0.5) is 8.78 Å². The van der Waals surface area contributed by atoms with Gasteiger partial charge in [0.25, 0.3) is 0 Å². The van der Waals surface area contributed by atoms with Crippen LogP contribution in [0.3, 0.4) is 0 Å². The van der Waals surface area contributed by atoms with Crippen LogP contribution in [0.25, 0.3) is 0 Å². The van der Waals surface area contributed by atoms with Crippen LogP contribution < -0.4 is 0 Å². The van der Waals surface area contributed by atoms with Crippen molar-refractivity contribution in [3.63, 3.8) is 0 Å². The fourth-order valence-electron chi connectivity index (χ4n) is 1.99. The molecule has 0 amide bonds. The zero-order chi connectivity index (χ0) is 10.1. The summed E-state index contributed by atoms with van der Waals surface area (Å²) in [5.41, 5.74) is -1.18. The molecule has 0 bridgehead atoms. The minimum Gasteiger partial charge on any atom is -0.481 e. The van der Waals surface area contributed by atoms with Gasteiger partial charge in [0.05, 0.1) is 5.41 Å². The third-order valence-corrected chi connectivity index (χ3v) is 2.93. The first-order valence-corrected chi connectivity index (χ1v) is 4.53. The van der Waals surface area contributed by atoms with Gasteiger partial charge >= 0.3 is 5.97 Å². The molecule has 1 fully saturated rings. The average Bonchev–Trinajstić information content (AvgIpc) is 2.02. The maximum absolute atomic E-state index is 13.0. The number of rotatable bonds is 2. The molecular formula is C9H14F2O2. The van der Waals surface area contributed by atoms with Crippen molar-refractivity contribution in [2.75, 3.05) is 0 Å². The quantitative estimate of drug-likeness (QED) is 0.730. The summed E-state index contributed by atoms with van der Waals surface area (Å²) >= 11 is 0. The minimum absolute atomic E-state index is 0.165. The van der Waals surface area contributed by atoms with Gasteiger partial charge in [-0.05, 0) is 19.3 Å². The summed E-state index contributed by atoms with van der Waals surface area (Å²) in [7, 11) is 0. The number of carboxylic acid groups (broad SMARTS) is 1. The van der Waals surface area contributed by atoms with E-state index < -0.39 is 23.7 Å². The van der Waals surface area contributed by atoms with Crippen molar-refractivity contribution >= 4 is 5.97 Å². The molecule has 1 aliphatic rings. The summed E-state index contributed by atoms with van der Waals surface area (Å²) in [6, 6.07) is 0. The molecule has 1 atom stereocenters. The van der Waals surface area contributed by atoms with Gasteiger partial charge in [-0.15, -0.1) is 0 Å². The number of hydrogen-bond donors (Lipinski definition) is 1. The lowest BCUT2D eigenvalue weighted by atomic mass is 9.71. The second-order valence-electron chi connectivity index (χ2n) is 3.83. The molecule has 0 saturated heterocycles. The van der Waals surface area contributed by atoms with Gasteiger partial charge in [-0.2, -0.15) is 0 Å². The van der Waals surface area contributed by atoms with Crippen molar-refractivity contribution in [2.45, 2.75) is 45.0 Å². The molecule has 0 spiro atoms. The molecule has 1 aliphatic carbocycles. The number of aliphatic carboxylic acids is 1. The van der Waals surface area contributed by atoms with Crippen LogP contribution in [0.5, 0.6) is 0 Å². The molecule has 13 heavy (non-hydrogen) atoms. The van der Waals surface area contributed by atoms with Crippen molar-refractivity contribution in [3.8, 4) is 0 Å². The van der Waals surface area contributed by atoms with Crippen LogP contribution in [-0.4, -0.2) is 17.0 Å². The predicted molar refractivity (Wildman–Crippen MR) is 43.8 cm³/mol. The van der Waals surface area contributed by atoms with E-state index in [0.29, 0.717) is 12.8 Å². The number of alkyl halides is 2. The zero-order valence-electron chi connectivity index (χ0n) is 7.65. The Kier molecular flexibility index (Phi) is 2.59. The summed E-state index contributed by atoms with van der Waals surface area (Å²) in [5, 5.41) is 8.89. The number of carboxylic acids is 1. The molecular weight excluding hydrogens is 178 g/mol. The Balaban J connectivity index is 2.82. The fraction of sp³-hybridized carbons (Fsp3) is 0.889. The summed E-state index contributed by atoms with van der Waals surface area (Å²) in [5.74, 6) is -3.86. The van der Waals surface area contributed by atoms with Crippen molar-refractivity contribution in [3.05, 3.63) is 0 Å². The maximum atomic E-state index is 13.0. The van der Waals surface area contributed by atoms with Gasteiger partial charge in [0.1, 0.15) is 0 Å². The monoisotopic (exact) mass is 192 g/mol. The van der Waals surface area contributed by atoms with Gasteiger partial charge in [0.2, 0.25) is 5.92 Å². The highest BCUT2D eigenvalue weighted by Gasteiger charge is 2.49. The molecule has 1 N–H and O–H groups in total. The zero-order valence-corrected chi connectivity index (χ0v) is 7.65. The van der Waals surface area contributed by atoms with Crippen molar-refractivity contribution in [1.82, 2.24) is 0 Å². The first kappa shape index (κ1) is 10.4. The van der Waals surface area contributed by atoms with Gasteiger partial charge in [-0.3, -0.25) is 4.79 Å². The highest BCUT2D eigenvalue weighted by Crippen LogP contribution is 2.46. The molecule has 4 heteroatoms. The lowest BCUT2D eigenvalue weighted by molar-refractivity contribution is -0.162. The molecule has 0 radical (unpaired) electrons. The van der Waals surface area contributed by atoms with E-state index >= 15 is 0 Å². The molecule has 1 saturated carbocycles. The average molecular weight is 192 g/mol. The molecule has 2 nitrogen and oxygen atoms in total. The highest BCUT2D eigenvalue weighted by atomic mass is 19.3. The van der Waals surface area contributed by atoms with Gasteiger partial charge < -0.3 is 5.11 Å². The first-order valence-electron chi connectivity index (χ1n) is 4.53. The van der Waals surface area contributed by atoms with Gasteiger partial charge in [-0.25, -0.2) is 8.78 Å². The maximum Gasteiger partial charge on any atom is 0.309 e. The van der Waals surface area contributed by atoms with E-state index in [1.807, 2.05) is 0 Å². The van der Waals surface area contributed by atoms with Crippen LogP contribution in [0.1, 0.15) is 39.0 Å². The van der Waals surface area contributed by atoms with Gasteiger partial charge in [-0.1, -0.05) is 6.92 Å².